The van der Waals surface area contributed by atoms with Crippen LogP contribution < -0.4 is 5.32 Å². The topological polar surface area (TPSA) is 32.3 Å². The lowest BCUT2D eigenvalue weighted by atomic mass is 10.0. The Kier molecular flexibility index (Phi) is 5.66. The van der Waals surface area contributed by atoms with Crippen molar-refractivity contribution in [3.8, 4) is 5.75 Å². The monoisotopic (exact) mass is 303 g/mol. The van der Waals surface area contributed by atoms with Crippen molar-refractivity contribution in [1.82, 2.24) is 5.32 Å². The van der Waals surface area contributed by atoms with E-state index in [0.717, 1.165) is 17.9 Å². The summed E-state index contributed by atoms with van der Waals surface area (Å²) in [5, 5.41) is 13.8. The van der Waals surface area contributed by atoms with Crippen LogP contribution in [0.25, 0.3) is 0 Å². The molecule has 0 radical (unpaired) electrons. The number of nitrogens with one attached hydrogen (secondary N) is 1. The summed E-state index contributed by atoms with van der Waals surface area (Å²) in [5.74, 6) is 0.308. The molecule has 0 amide bonds. The summed E-state index contributed by atoms with van der Waals surface area (Å²) in [6.07, 6.45) is 1.97. The lowest BCUT2D eigenvalue weighted by Crippen LogP contribution is -2.31. The molecular weight excluding hydrogens is 282 g/mol. The van der Waals surface area contributed by atoms with Crippen molar-refractivity contribution >= 4 is 11.6 Å². The van der Waals surface area contributed by atoms with Gasteiger partial charge in [0.15, 0.2) is 0 Å². The van der Waals surface area contributed by atoms with E-state index in [4.69, 9.17) is 11.6 Å². The highest BCUT2D eigenvalue weighted by molar-refractivity contribution is 6.30. The molecule has 21 heavy (non-hydrogen) atoms. The molecule has 2 N–H and O–H groups in total. The van der Waals surface area contributed by atoms with Crippen LogP contribution in [0.1, 0.15) is 37.4 Å². The molecule has 2 unspecified atom stereocenters. The minimum Gasteiger partial charge on any atom is -0.508 e. The summed E-state index contributed by atoms with van der Waals surface area (Å²) in [6, 6.07) is 16.1. The Balaban J connectivity index is 1.97. The third-order valence-electron chi connectivity index (χ3n) is 3.64. The van der Waals surface area contributed by atoms with E-state index in [9.17, 15) is 5.11 Å². The third-order valence-corrected chi connectivity index (χ3v) is 3.90. The van der Waals surface area contributed by atoms with Crippen molar-refractivity contribution < 1.29 is 5.11 Å². The Morgan fingerprint density at radius 2 is 1.67 bits per heavy atom. The fourth-order valence-electron chi connectivity index (χ4n) is 2.53. The van der Waals surface area contributed by atoms with Gasteiger partial charge in [0, 0.05) is 17.1 Å². The summed E-state index contributed by atoms with van der Waals surface area (Å²) in [5.41, 5.74) is 2.48. The van der Waals surface area contributed by atoms with Gasteiger partial charge in [-0.25, -0.2) is 0 Å². The van der Waals surface area contributed by atoms with E-state index < -0.39 is 0 Å². The van der Waals surface area contributed by atoms with Crippen molar-refractivity contribution in [2.45, 2.75) is 38.8 Å². The Hall–Kier alpha value is -1.51. The van der Waals surface area contributed by atoms with Crippen LogP contribution in [-0.2, 0) is 6.42 Å². The number of phenolic OH excluding ortho intramolecular Hbond substituents is 1. The van der Waals surface area contributed by atoms with E-state index in [2.05, 4.69) is 31.3 Å². The smallest absolute Gasteiger partial charge is 0.115 e. The molecule has 2 rings (SSSR count). The van der Waals surface area contributed by atoms with Gasteiger partial charge >= 0.3 is 0 Å². The molecule has 0 spiro atoms. The van der Waals surface area contributed by atoms with E-state index >= 15 is 0 Å². The highest BCUT2D eigenvalue weighted by Crippen LogP contribution is 2.21. The van der Waals surface area contributed by atoms with Crippen molar-refractivity contribution in [3.05, 3.63) is 64.7 Å². The predicted octanol–water partition coefficient (Wildman–Crippen LogP) is 4.72. The average molecular weight is 304 g/mol. The normalized spacial score (nSPS) is 13.9. The van der Waals surface area contributed by atoms with E-state index in [1.807, 2.05) is 24.3 Å². The van der Waals surface area contributed by atoms with E-state index in [0.29, 0.717) is 17.8 Å². The van der Waals surface area contributed by atoms with Crippen molar-refractivity contribution in [1.29, 1.82) is 0 Å². The van der Waals surface area contributed by atoms with Crippen LogP contribution in [0.2, 0.25) is 5.02 Å². The van der Waals surface area contributed by atoms with Crippen LogP contribution in [0, 0.1) is 0 Å². The molecule has 0 aliphatic carbocycles. The zero-order valence-electron chi connectivity index (χ0n) is 12.5. The molecule has 2 aromatic carbocycles. The van der Waals surface area contributed by atoms with Gasteiger partial charge in [0.05, 0.1) is 0 Å². The quantitative estimate of drug-likeness (QED) is 0.809. The van der Waals surface area contributed by atoms with Gasteiger partial charge in [-0.15, -0.1) is 0 Å². The lowest BCUT2D eigenvalue weighted by Gasteiger charge is -2.23. The molecule has 3 heteroatoms. The first-order valence-electron chi connectivity index (χ1n) is 7.38. The summed E-state index contributed by atoms with van der Waals surface area (Å²) in [7, 11) is 0. The van der Waals surface area contributed by atoms with Crippen LogP contribution in [0.5, 0.6) is 5.75 Å². The fourth-order valence-corrected chi connectivity index (χ4v) is 2.66. The molecule has 0 heterocycles. The Morgan fingerprint density at radius 1 is 1.05 bits per heavy atom. The van der Waals surface area contributed by atoms with Crippen LogP contribution in [0.15, 0.2) is 48.5 Å². The molecule has 0 aromatic heterocycles. The number of benzene rings is 2. The van der Waals surface area contributed by atoms with Gasteiger partial charge in [0.25, 0.3) is 0 Å². The first-order valence-corrected chi connectivity index (χ1v) is 7.75. The van der Waals surface area contributed by atoms with Gasteiger partial charge in [-0.2, -0.15) is 0 Å². The second kappa shape index (κ2) is 7.48. The van der Waals surface area contributed by atoms with Crippen LogP contribution in [-0.4, -0.2) is 11.1 Å². The van der Waals surface area contributed by atoms with Crippen molar-refractivity contribution in [3.63, 3.8) is 0 Å². The van der Waals surface area contributed by atoms with Gasteiger partial charge in [-0.1, -0.05) is 42.8 Å². The standard InChI is InChI=1S/C18H22ClNO/c1-3-18(15-6-10-17(21)11-7-15)20-13(2)12-14-4-8-16(19)9-5-14/h4-11,13,18,20-21H,3,12H2,1-2H3. The molecule has 2 atom stereocenters. The second-order valence-electron chi connectivity index (χ2n) is 5.45. The summed E-state index contributed by atoms with van der Waals surface area (Å²) < 4.78 is 0. The Morgan fingerprint density at radius 3 is 2.24 bits per heavy atom. The SMILES string of the molecule is CCC(NC(C)Cc1ccc(Cl)cc1)c1ccc(O)cc1. The summed E-state index contributed by atoms with van der Waals surface area (Å²) in [4.78, 5) is 0. The highest BCUT2D eigenvalue weighted by Gasteiger charge is 2.13. The zero-order valence-corrected chi connectivity index (χ0v) is 13.3. The largest absolute Gasteiger partial charge is 0.508 e. The number of phenols is 1. The maximum absolute atomic E-state index is 9.38. The first-order chi connectivity index (χ1) is 10.1. The van der Waals surface area contributed by atoms with Crippen LogP contribution in [0.4, 0.5) is 0 Å². The molecule has 2 nitrogen and oxygen atoms in total. The van der Waals surface area contributed by atoms with Gasteiger partial charge in [0.2, 0.25) is 0 Å². The molecular formula is C18H22ClNO. The van der Waals surface area contributed by atoms with E-state index in [-0.39, 0.29) is 0 Å². The van der Waals surface area contributed by atoms with Crippen LogP contribution in [0.3, 0.4) is 0 Å². The maximum Gasteiger partial charge on any atom is 0.115 e. The summed E-state index contributed by atoms with van der Waals surface area (Å²) in [6.45, 7) is 4.36. The molecule has 0 saturated carbocycles. The Bertz CT molecular complexity index is 550. The minimum absolute atomic E-state index is 0.299. The molecule has 112 valence electrons. The molecule has 0 saturated heterocycles. The number of hydrogen-bond donors (Lipinski definition) is 2. The number of aromatic hydroxyl groups is 1. The average Bonchev–Trinajstić information content (AvgIpc) is 2.48. The van der Waals surface area contributed by atoms with E-state index in [1.54, 1.807) is 12.1 Å². The fraction of sp³-hybridized carbons (Fsp3) is 0.333. The van der Waals surface area contributed by atoms with Gasteiger partial charge < -0.3 is 10.4 Å². The third kappa shape index (κ3) is 4.76. The molecule has 0 aliphatic heterocycles. The second-order valence-corrected chi connectivity index (χ2v) is 5.89. The highest BCUT2D eigenvalue weighted by atomic mass is 35.5. The first kappa shape index (κ1) is 15.9. The predicted molar refractivity (Wildman–Crippen MR) is 88.9 cm³/mol. The summed E-state index contributed by atoms with van der Waals surface area (Å²) >= 11 is 5.91. The molecule has 0 bridgehead atoms. The van der Waals surface area contributed by atoms with Gasteiger partial charge in [-0.3, -0.25) is 0 Å². The molecule has 0 fully saturated rings. The van der Waals surface area contributed by atoms with Gasteiger partial charge in [0.1, 0.15) is 5.75 Å². The number of rotatable bonds is 6. The lowest BCUT2D eigenvalue weighted by molar-refractivity contribution is 0.441. The molecule has 0 aliphatic rings. The number of hydrogen-bond acceptors (Lipinski definition) is 2. The number of halogens is 1. The van der Waals surface area contributed by atoms with Crippen molar-refractivity contribution in [2.75, 3.05) is 0 Å². The zero-order chi connectivity index (χ0) is 15.2. The van der Waals surface area contributed by atoms with Crippen LogP contribution >= 0.6 is 11.6 Å². The maximum atomic E-state index is 9.38. The molecule has 2 aromatic rings. The van der Waals surface area contributed by atoms with Gasteiger partial charge in [-0.05, 0) is 55.2 Å². The van der Waals surface area contributed by atoms with Crippen molar-refractivity contribution in [2.24, 2.45) is 0 Å². The van der Waals surface area contributed by atoms with E-state index in [1.165, 1.54) is 11.1 Å². The Labute approximate surface area is 131 Å². The minimum atomic E-state index is 0.299.